The van der Waals surface area contributed by atoms with Crippen LogP contribution in [0.25, 0.3) is 0 Å². The van der Waals surface area contributed by atoms with Crippen LogP contribution in [0.2, 0.25) is 0 Å². The standard InChI is InChI=1S/C25H35N5O7/c1-6-13-28(24(35)25(5)20(31)11-12-21(32)29(25)23(34)16(4)26)19(14-15(2)3)22(33)27-17-7-9-18(10-8-17)30(36)37/h7-10,15-16,19H,6,11-14,26H2,1-5H3,(H,27,33)/t16-,19-,25+/m0/s1. The number of nitrogens with zero attached hydrogens (tertiary/aromatic N) is 3. The molecule has 0 aromatic heterocycles. The van der Waals surface area contributed by atoms with Crippen LogP contribution in [0, 0.1) is 16.0 Å². The monoisotopic (exact) mass is 517 g/mol. The van der Waals surface area contributed by atoms with E-state index in [0.29, 0.717) is 11.3 Å². The molecule has 0 saturated carbocycles. The first-order chi connectivity index (χ1) is 17.2. The summed E-state index contributed by atoms with van der Waals surface area (Å²) < 4.78 is 0. The van der Waals surface area contributed by atoms with Gasteiger partial charge < -0.3 is 16.0 Å². The Labute approximate surface area is 215 Å². The molecule has 0 bridgehead atoms. The Morgan fingerprint density at radius 2 is 1.76 bits per heavy atom. The van der Waals surface area contributed by atoms with Crippen LogP contribution in [0.1, 0.15) is 60.3 Å². The number of Topliss-reactive ketones (excluding diaryl/α,β-unsaturated/α-hetero) is 1. The normalized spacial score (nSPS) is 19.4. The van der Waals surface area contributed by atoms with Crippen molar-refractivity contribution in [3.63, 3.8) is 0 Å². The van der Waals surface area contributed by atoms with Gasteiger partial charge in [0.1, 0.15) is 6.04 Å². The van der Waals surface area contributed by atoms with Gasteiger partial charge in [-0.25, -0.2) is 0 Å². The molecule has 1 aromatic carbocycles. The number of rotatable bonds is 10. The van der Waals surface area contributed by atoms with Crippen molar-refractivity contribution in [2.45, 2.75) is 77.9 Å². The van der Waals surface area contributed by atoms with E-state index in [0.717, 1.165) is 0 Å². The fraction of sp³-hybridized carbons (Fsp3) is 0.560. The lowest BCUT2D eigenvalue weighted by molar-refractivity contribution is -0.384. The Balaban J connectivity index is 2.51. The molecule has 0 aliphatic carbocycles. The van der Waals surface area contributed by atoms with E-state index in [2.05, 4.69) is 5.32 Å². The molecule has 12 nitrogen and oxygen atoms in total. The minimum atomic E-state index is -2.14. The molecule has 202 valence electrons. The maximum Gasteiger partial charge on any atom is 0.269 e. The fourth-order valence-corrected chi connectivity index (χ4v) is 4.35. The summed E-state index contributed by atoms with van der Waals surface area (Å²) in [6.07, 6.45) is 0.228. The number of nitrogens with two attached hydrogens (primary N) is 1. The first-order valence-electron chi connectivity index (χ1n) is 12.3. The lowest BCUT2D eigenvalue weighted by Crippen LogP contribution is -2.70. The zero-order chi connectivity index (χ0) is 28.1. The molecule has 2 rings (SSSR count). The van der Waals surface area contributed by atoms with Crippen LogP contribution in [0.3, 0.4) is 0 Å². The summed E-state index contributed by atoms with van der Waals surface area (Å²) in [4.78, 5) is 78.6. The Morgan fingerprint density at radius 1 is 1.16 bits per heavy atom. The number of nitrogens with one attached hydrogen (secondary N) is 1. The molecule has 3 atom stereocenters. The molecule has 1 aliphatic rings. The molecular formula is C25H35N5O7. The Hall–Kier alpha value is -3.67. The molecular weight excluding hydrogens is 482 g/mol. The summed E-state index contributed by atoms with van der Waals surface area (Å²) >= 11 is 0. The van der Waals surface area contributed by atoms with Crippen molar-refractivity contribution in [2.75, 3.05) is 11.9 Å². The predicted molar refractivity (Wildman–Crippen MR) is 135 cm³/mol. The highest BCUT2D eigenvalue weighted by Crippen LogP contribution is 2.31. The molecule has 37 heavy (non-hydrogen) atoms. The number of carbonyl (C=O) groups is 5. The molecule has 0 spiro atoms. The van der Waals surface area contributed by atoms with E-state index >= 15 is 0 Å². The van der Waals surface area contributed by atoms with Gasteiger partial charge in [0, 0.05) is 37.2 Å². The number of nitro groups is 1. The predicted octanol–water partition coefficient (Wildman–Crippen LogP) is 2.01. The first kappa shape index (κ1) is 29.6. The van der Waals surface area contributed by atoms with E-state index in [4.69, 9.17) is 5.73 Å². The van der Waals surface area contributed by atoms with E-state index in [1.165, 1.54) is 43.0 Å². The van der Waals surface area contributed by atoms with E-state index in [9.17, 15) is 34.1 Å². The number of hydrogen-bond acceptors (Lipinski definition) is 8. The smallest absolute Gasteiger partial charge is 0.269 e. The second kappa shape index (κ2) is 12.0. The second-order valence-electron chi connectivity index (χ2n) is 9.79. The van der Waals surface area contributed by atoms with Gasteiger partial charge in [-0.2, -0.15) is 0 Å². The quantitative estimate of drug-likeness (QED) is 0.269. The lowest BCUT2D eigenvalue weighted by Gasteiger charge is -2.45. The topological polar surface area (TPSA) is 173 Å². The van der Waals surface area contributed by atoms with E-state index in [1.807, 2.05) is 13.8 Å². The number of anilines is 1. The third kappa shape index (κ3) is 6.37. The van der Waals surface area contributed by atoms with Gasteiger partial charge in [0.05, 0.1) is 11.0 Å². The minimum absolute atomic E-state index is 0.0435. The van der Waals surface area contributed by atoms with Gasteiger partial charge in [0.2, 0.25) is 17.7 Å². The van der Waals surface area contributed by atoms with Crippen LogP contribution >= 0.6 is 0 Å². The highest BCUT2D eigenvalue weighted by molar-refractivity contribution is 6.20. The zero-order valence-corrected chi connectivity index (χ0v) is 21.9. The van der Waals surface area contributed by atoms with Crippen LogP contribution in [0.15, 0.2) is 24.3 Å². The van der Waals surface area contributed by atoms with E-state index in [-0.39, 0.29) is 43.1 Å². The summed E-state index contributed by atoms with van der Waals surface area (Å²) in [6.45, 7) is 8.21. The molecule has 4 amide bonds. The number of carbonyl (C=O) groups excluding carboxylic acids is 5. The van der Waals surface area contributed by atoms with Gasteiger partial charge in [-0.05, 0) is 44.7 Å². The molecule has 0 radical (unpaired) electrons. The van der Waals surface area contributed by atoms with Crippen molar-refractivity contribution in [1.82, 2.24) is 9.80 Å². The Kier molecular flexibility index (Phi) is 9.62. The van der Waals surface area contributed by atoms with E-state index < -0.39 is 52.0 Å². The molecule has 0 unspecified atom stereocenters. The molecule has 1 saturated heterocycles. The number of imide groups is 1. The zero-order valence-electron chi connectivity index (χ0n) is 21.9. The highest BCUT2D eigenvalue weighted by atomic mass is 16.6. The largest absolute Gasteiger partial charge is 0.328 e. The number of piperidine rings is 1. The summed E-state index contributed by atoms with van der Waals surface area (Å²) in [5.41, 5.74) is 3.74. The van der Waals surface area contributed by atoms with Gasteiger partial charge in [-0.3, -0.25) is 39.0 Å². The molecule has 12 heteroatoms. The van der Waals surface area contributed by atoms with Gasteiger partial charge in [-0.15, -0.1) is 0 Å². The van der Waals surface area contributed by atoms with Gasteiger partial charge >= 0.3 is 0 Å². The van der Waals surface area contributed by atoms with Crippen LogP contribution in [0.5, 0.6) is 0 Å². The number of nitro benzene ring substituents is 1. The first-order valence-corrected chi connectivity index (χ1v) is 12.3. The third-order valence-electron chi connectivity index (χ3n) is 6.28. The Morgan fingerprint density at radius 3 is 2.24 bits per heavy atom. The van der Waals surface area contributed by atoms with Crippen LogP contribution in [-0.4, -0.2) is 68.3 Å². The maximum absolute atomic E-state index is 14.1. The molecule has 1 heterocycles. The summed E-state index contributed by atoms with van der Waals surface area (Å²) in [5.74, 6) is -3.56. The molecule has 1 aliphatic heterocycles. The number of non-ortho nitro benzene ring substituents is 1. The van der Waals surface area contributed by atoms with Gasteiger partial charge in [-0.1, -0.05) is 20.8 Å². The fourth-order valence-electron chi connectivity index (χ4n) is 4.35. The van der Waals surface area contributed by atoms with Crippen molar-refractivity contribution in [3.05, 3.63) is 34.4 Å². The van der Waals surface area contributed by atoms with Crippen molar-refractivity contribution in [3.8, 4) is 0 Å². The molecule has 1 fully saturated rings. The summed E-state index contributed by atoms with van der Waals surface area (Å²) in [6, 6.07) is 3.07. The van der Waals surface area contributed by atoms with Crippen LogP contribution in [-0.2, 0) is 24.0 Å². The number of amides is 4. The van der Waals surface area contributed by atoms with Crippen LogP contribution < -0.4 is 11.1 Å². The Bertz CT molecular complexity index is 1070. The van der Waals surface area contributed by atoms with Gasteiger partial charge in [0.25, 0.3) is 11.6 Å². The average Bonchev–Trinajstić information content (AvgIpc) is 2.83. The number of likely N-dealkylation sites (tertiary alicyclic amines) is 1. The lowest BCUT2D eigenvalue weighted by atomic mass is 9.83. The molecule has 3 N–H and O–H groups in total. The molecule has 1 aromatic rings. The second-order valence-corrected chi connectivity index (χ2v) is 9.79. The van der Waals surface area contributed by atoms with Crippen molar-refractivity contribution in [1.29, 1.82) is 0 Å². The number of ketones is 1. The highest BCUT2D eigenvalue weighted by Gasteiger charge is 2.56. The van der Waals surface area contributed by atoms with Crippen molar-refractivity contribution >= 4 is 40.8 Å². The van der Waals surface area contributed by atoms with Crippen molar-refractivity contribution < 1.29 is 28.9 Å². The maximum atomic E-state index is 14.1. The average molecular weight is 518 g/mol. The van der Waals surface area contributed by atoms with Crippen LogP contribution in [0.4, 0.5) is 11.4 Å². The number of benzene rings is 1. The van der Waals surface area contributed by atoms with Gasteiger partial charge in [0.15, 0.2) is 11.3 Å². The van der Waals surface area contributed by atoms with Crippen molar-refractivity contribution in [2.24, 2.45) is 11.7 Å². The number of hydrogen-bond donors (Lipinski definition) is 2. The van der Waals surface area contributed by atoms with E-state index in [1.54, 1.807) is 6.92 Å². The SMILES string of the molecule is CCCN(C(=O)[C@@]1(C)C(=O)CCC(=O)N1C(=O)[C@H](C)N)[C@@H](CC(C)C)C(=O)Nc1ccc([N+](=O)[O-])cc1. The minimum Gasteiger partial charge on any atom is -0.328 e. The third-order valence-corrected chi connectivity index (χ3v) is 6.28. The summed E-state index contributed by atoms with van der Waals surface area (Å²) in [5, 5.41) is 13.6. The summed E-state index contributed by atoms with van der Waals surface area (Å²) in [7, 11) is 0.